The third-order valence-electron chi connectivity index (χ3n) is 6.71. The van der Waals surface area contributed by atoms with Crippen LogP contribution in [-0.4, -0.2) is 32.5 Å². The molecule has 4 aromatic rings. The molecule has 0 aliphatic carbocycles. The Kier molecular flexibility index (Phi) is 9.03. The number of hydrogen-bond acceptors (Lipinski definition) is 3. The molecule has 0 spiro atoms. The van der Waals surface area contributed by atoms with Gasteiger partial charge in [-0.15, -0.1) is 0 Å². The normalized spacial score (nSPS) is 14.4. The zero-order chi connectivity index (χ0) is 25.1. The van der Waals surface area contributed by atoms with Gasteiger partial charge in [0.15, 0.2) is 0 Å². The lowest BCUT2D eigenvalue weighted by atomic mass is 9.98. The van der Waals surface area contributed by atoms with E-state index in [0.717, 1.165) is 64.3 Å². The molecule has 0 N–H and O–H groups in total. The van der Waals surface area contributed by atoms with Crippen LogP contribution in [0.25, 0.3) is 11.1 Å². The van der Waals surface area contributed by atoms with Crippen molar-refractivity contribution in [3.05, 3.63) is 125 Å². The fourth-order valence-corrected chi connectivity index (χ4v) is 4.49. The summed E-state index contributed by atoms with van der Waals surface area (Å²) in [6.07, 6.45) is 5.46. The number of epoxide rings is 1. The molecule has 1 saturated heterocycles. The summed E-state index contributed by atoms with van der Waals surface area (Å²) >= 11 is 0. The molecule has 190 valence electrons. The highest BCUT2D eigenvalue weighted by molar-refractivity contribution is 5.64. The first kappa shape index (κ1) is 25.3. The summed E-state index contributed by atoms with van der Waals surface area (Å²) in [6.45, 7) is 3.17. The van der Waals surface area contributed by atoms with Gasteiger partial charge in [0, 0.05) is 6.61 Å². The number of rotatable bonds is 14. The van der Waals surface area contributed by atoms with E-state index in [0.29, 0.717) is 6.10 Å². The van der Waals surface area contributed by atoms with Crippen LogP contribution in [0.3, 0.4) is 0 Å². The monoisotopic (exact) mass is 492 g/mol. The van der Waals surface area contributed by atoms with Crippen molar-refractivity contribution in [2.24, 2.45) is 0 Å². The maximum atomic E-state index is 6.00. The summed E-state index contributed by atoms with van der Waals surface area (Å²) in [7, 11) is 0. The molecule has 0 amide bonds. The van der Waals surface area contributed by atoms with Gasteiger partial charge in [-0.1, -0.05) is 91.0 Å². The van der Waals surface area contributed by atoms with Crippen LogP contribution in [0.5, 0.6) is 5.75 Å². The highest BCUT2D eigenvalue weighted by Gasteiger charge is 2.21. The Morgan fingerprint density at radius 3 is 1.86 bits per heavy atom. The van der Waals surface area contributed by atoms with Gasteiger partial charge in [-0.2, -0.15) is 0 Å². The van der Waals surface area contributed by atoms with Crippen molar-refractivity contribution in [1.82, 2.24) is 0 Å². The van der Waals surface area contributed by atoms with Crippen molar-refractivity contribution in [2.75, 3.05) is 26.4 Å². The first-order valence-electron chi connectivity index (χ1n) is 13.5. The Labute approximate surface area is 221 Å². The van der Waals surface area contributed by atoms with Gasteiger partial charge in [0.1, 0.15) is 11.9 Å². The lowest BCUT2D eigenvalue weighted by molar-refractivity contribution is 0.112. The minimum atomic E-state index is 0.358. The lowest BCUT2D eigenvalue weighted by Gasteiger charge is -2.09. The third kappa shape index (κ3) is 8.31. The maximum absolute atomic E-state index is 6.00. The molecule has 1 heterocycles. The summed E-state index contributed by atoms with van der Waals surface area (Å²) in [5.74, 6) is 0.951. The molecule has 3 nitrogen and oxygen atoms in total. The van der Waals surface area contributed by atoms with Crippen molar-refractivity contribution >= 4 is 0 Å². The van der Waals surface area contributed by atoms with Crippen LogP contribution in [0.15, 0.2) is 103 Å². The molecule has 3 heteroatoms. The Bertz CT molecular complexity index is 1210. The Morgan fingerprint density at radius 1 is 0.595 bits per heavy atom. The quantitative estimate of drug-likeness (QED) is 0.135. The average Bonchev–Trinajstić information content (AvgIpc) is 3.77. The van der Waals surface area contributed by atoms with Gasteiger partial charge in [0.2, 0.25) is 0 Å². The van der Waals surface area contributed by atoms with E-state index < -0.39 is 0 Å². The molecular formula is C34H36O3. The van der Waals surface area contributed by atoms with Crippen molar-refractivity contribution in [3.8, 4) is 16.9 Å². The summed E-state index contributed by atoms with van der Waals surface area (Å²) in [5.41, 5.74) is 7.75. The van der Waals surface area contributed by atoms with E-state index in [1.165, 1.54) is 33.4 Å². The summed E-state index contributed by atoms with van der Waals surface area (Å²) in [6, 6.07) is 36.9. The molecule has 1 atom stereocenters. The van der Waals surface area contributed by atoms with E-state index in [4.69, 9.17) is 14.2 Å². The van der Waals surface area contributed by atoms with E-state index in [9.17, 15) is 0 Å². The van der Waals surface area contributed by atoms with Crippen molar-refractivity contribution in [2.45, 2.75) is 38.2 Å². The smallest absolute Gasteiger partial charge is 0.119 e. The second kappa shape index (κ2) is 13.2. The van der Waals surface area contributed by atoms with Crippen LogP contribution in [0, 0.1) is 0 Å². The van der Waals surface area contributed by atoms with E-state index in [-0.39, 0.29) is 0 Å². The van der Waals surface area contributed by atoms with Crippen LogP contribution < -0.4 is 4.74 Å². The second-order valence-electron chi connectivity index (χ2n) is 9.82. The molecule has 1 fully saturated rings. The fourth-order valence-electron chi connectivity index (χ4n) is 4.49. The van der Waals surface area contributed by atoms with Gasteiger partial charge in [0.05, 0.1) is 19.8 Å². The minimum Gasteiger partial charge on any atom is -0.494 e. The van der Waals surface area contributed by atoms with Crippen LogP contribution in [0.4, 0.5) is 0 Å². The molecule has 1 aliphatic rings. The van der Waals surface area contributed by atoms with Gasteiger partial charge in [-0.25, -0.2) is 0 Å². The first-order valence-corrected chi connectivity index (χ1v) is 13.5. The molecule has 4 aromatic carbocycles. The fraction of sp³-hybridized carbons (Fsp3) is 0.294. The Hall–Kier alpha value is -3.40. The molecule has 0 radical (unpaired) electrons. The zero-order valence-electron chi connectivity index (χ0n) is 21.5. The van der Waals surface area contributed by atoms with Gasteiger partial charge in [-0.05, 0) is 77.6 Å². The molecule has 1 aliphatic heterocycles. The highest BCUT2D eigenvalue weighted by Crippen LogP contribution is 2.23. The second-order valence-corrected chi connectivity index (χ2v) is 9.82. The van der Waals surface area contributed by atoms with E-state index in [1.807, 2.05) is 6.07 Å². The van der Waals surface area contributed by atoms with Crippen molar-refractivity contribution in [1.29, 1.82) is 0 Å². The number of hydrogen-bond donors (Lipinski definition) is 0. The lowest BCUT2D eigenvalue weighted by Crippen LogP contribution is -2.03. The SMILES string of the molecule is c1ccc(Cc2ccc(-c3ccc(Cc4cccc(OCCCCCOCC5CO5)c4)cc3)cc2)cc1. The number of benzene rings is 4. The molecule has 0 bridgehead atoms. The largest absolute Gasteiger partial charge is 0.494 e. The topological polar surface area (TPSA) is 31.0 Å². The molecule has 5 rings (SSSR count). The minimum absolute atomic E-state index is 0.358. The van der Waals surface area contributed by atoms with E-state index in [2.05, 4.69) is 97.1 Å². The molecule has 1 unspecified atom stereocenters. The standard InChI is InChI=1S/C34H36O3/c1-3-8-27(9-4-1)22-28-12-16-31(17-13-28)32-18-14-29(15-19-32)23-30-10-7-11-33(24-30)36-21-6-2-5-20-35-25-34-26-37-34/h1,3-4,7-19,24,34H,2,5-6,20-23,25-26H2. The van der Waals surface area contributed by atoms with Crippen molar-refractivity contribution in [3.63, 3.8) is 0 Å². The highest BCUT2D eigenvalue weighted by atomic mass is 16.6. The maximum Gasteiger partial charge on any atom is 0.119 e. The first-order chi connectivity index (χ1) is 18.3. The molecule has 0 saturated carbocycles. The van der Waals surface area contributed by atoms with E-state index >= 15 is 0 Å². The Morgan fingerprint density at radius 2 is 1.19 bits per heavy atom. The van der Waals surface area contributed by atoms with Crippen LogP contribution in [0.2, 0.25) is 0 Å². The number of unbranched alkanes of at least 4 members (excludes halogenated alkanes) is 2. The predicted octanol–water partition coefficient (Wildman–Crippen LogP) is 7.50. The Balaban J connectivity index is 1.07. The summed E-state index contributed by atoms with van der Waals surface area (Å²) in [4.78, 5) is 0. The molecule has 37 heavy (non-hydrogen) atoms. The summed E-state index contributed by atoms with van der Waals surface area (Å²) < 4.78 is 16.7. The molecular weight excluding hydrogens is 456 g/mol. The average molecular weight is 493 g/mol. The summed E-state index contributed by atoms with van der Waals surface area (Å²) in [5, 5.41) is 0. The van der Waals surface area contributed by atoms with Crippen molar-refractivity contribution < 1.29 is 14.2 Å². The van der Waals surface area contributed by atoms with Gasteiger partial charge in [-0.3, -0.25) is 0 Å². The zero-order valence-corrected chi connectivity index (χ0v) is 21.5. The van der Waals surface area contributed by atoms with E-state index in [1.54, 1.807) is 0 Å². The van der Waals surface area contributed by atoms with Gasteiger partial charge < -0.3 is 14.2 Å². The van der Waals surface area contributed by atoms with Crippen LogP contribution in [-0.2, 0) is 22.3 Å². The number of ether oxygens (including phenoxy) is 3. The molecule has 0 aromatic heterocycles. The van der Waals surface area contributed by atoms with Gasteiger partial charge >= 0.3 is 0 Å². The van der Waals surface area contributed by atoms with Crippen LogP contribution >= 0.6 is 0 Å². The predicted molar refractivity (Wildman–Crippen MR) is 150 cm³/mol. The van der Waals surface area contributed by atoms with Gasteiger partial charge in [0.25, 0.3) is 0 Å². The third-order valence-corrected chi connectivity index (χ3v) is 6.71. The van der Waals surface area contributed by atoms with Crippen LogP contribution in [0.1, 0.15) is 41.5 Å².